The lowest BCUT2D eigenvalue weighted by Crippen LogP contribution is -2.51. The van der Waals surface area contributed by atoms with E-state index in [4.69, 9.17) is 0 Å². The molecule has 0 atom stereocenters. The third-order valence-electron chi connectivity index (χ3n) is 4.04. The summed E-state index contributed by atoms with van der Waals surface area (Å²) in [5.41, 5.74) is 1.10. The Labute approximate surface area is 137 Å². The fraction of sp³-hybridized carbons (Fsp3) is 0.400. The zero-order valence-electron chi connectivity index (χ0n) is 13.2. The van der Waals surface area contributed by atoms with Crippen molar-refractivity contribution in [2.75, 3.05) is 26.2 Å². The number of halogens is 1. The van der Waals surface area contributed by atoms with E-state index in [1.807, 2.05) is 0 Å². The lowest BCUT2D eigenvalue weighted by Gasteiger charge is -2.35. The number of benzene rings is 1. The number of aromatic nitrogens is 4. The Kier molecular flexibility index (Phi) is 4.50. The van der Waals surface area contributed by atoms with Gasteiger partial charge in [0.25, 0.3) is 5.91 Å². The molecule has 1 aromatic carbocycles. The summed E-state index contributed by atoms with van der Waals surface area (Å²) < 4.78 is 14.7. The van der Waals surface area contributed by atoms with Crippen LogP contribution in [-0.2, 0) is 11.3 Å². The standard InChI is InChI=1S/C15H17FN6O2/c1-11-2-3-12(16)8-13(11)15(24)21-6-4-20(5-7-21)14(23)9-22-10-17-18-19-22/h2-3,8,10H,4-7,9H2,1H3. The summed E-state index contributed by atoms with van der Waals surface area (Å²) in [6.07, 6.45) is 1.38. The number of hydrogen-bond donors (Lipinski definition) is 0. The van der Waals surface area contributed by atoms with E-state index in [0.29, 0.717) is 31.7 Å². The van der Waals surface area contributed by atoms with Gasteiger partial charge in [-0.15, -0.1) is 5.10 Å². The number of amides is 2. The van der Waals surface area contributed by atoms with E-state index in [9.17, 15) is 14.0 Å². The van der Waals surface area contributed by atoms with Crippen LogP contribution in [0.15, 0.2) is 24.5 Å². The second-order valence-electron chi connectivity index (χ2n) is 5.64. The van der Waals surface area contributed by atoms with Crippen LogP contribution in [0.4, 0.5) is 4.39 Å². The first-order valence-corrected chi connectivity index (χ1v) is 7.58. The molecule has 2 amide bonds. The molecule has 0 bridgehead atoms. The molecular formula is C15H17FN6O2. The number of carbonyl (C=O) groups excluding carboxylic acids is 2. The number of aryl methyl sites for hydroxylation is 1. The highest BCUT2D eigenvalue weighted by molar-refractivity contribution is 5.95. The quantitative estimate of drug-likeness (QED) is 0.796. The molecule has 0 N–H and O–H groups in total. The van der Waals surface area contributed by atoms with Crippen LogP contribution in [-0.4, -0.2) is 68.0 Å². The smallest absolute Gasteiger partial charge is 0.254 e. The number of rotatable bonds is 3. The Balaban J connectivity index is 1.59. The fourth-order valence-electron chi connectivity index (χ4n) is 2.65. The van der Waals surface area contributed by atoms with Gasteiger partial charge in [0.2, 0.25) is 5.91 Å². The van der Waals surface area contributed by atoms with Gasteiger partial charge in [0.1, 0.15) is 18.7 Å². The summed E-state index contributed by atoms with van der Waals surface area (Å²) in [5.74, 6) is -0.741. The highest BCUT2D eigenvalue weighted by Gasteiger charge is 2.26. The molecule has 126 valence electrons. The molecule has 9 heteroatoms. The summed E-state index contributed by atoms with van der Waals surface area (Å²) in [6.45, 7) is 3.54. The van der Waals surface area contributed by atoms with Crippen LogP contribution in [0.25, 0.3) is 0 Å². The molecule has 1 fully saturated rings. The van der Waals surface area contributed by atoms with Crippen molar-refractivity contribution in [1.82, 2.24) is 30.0 Å². The van der Waals surface area contributed by atoms with Gasteiger partial charge in [-0.05, 0) is 35.0 Å². The molecule has 24 heavy (non-hydrogen) atoms. The molecule has 0 spiro atoms. The van der Waals surface area contributed by atoms with Crippen LogP contribution in [0.3, 0.4) is 0 Å². The molecule has 2 aromatic rings. The highest BCUT2D eigenvalue weighted by atomic mass is 19.1. The van der Waals surface area contributed by atoms with Gasteiger partial charge in [0.15, 0.2) is 0 Å². The highest BCUT2D eigenvalue weighted by Crippen LogP contribution is 2.15. The molecule has 0 saturated carbocycles. The third-order valence-corrected chi connectivity index (χ3v) is 4.04. The van der Waals surface area contributed by atoms with Gasteiger partial charge in [-0.2, -0.15) is 0 Å². The average Bonchev–Trinajstić information content (AvgIpc) is 3.09. The van der Waals surface area contributed by atoms with Gasteiger partial charge in [-0.1, -0.05) is 6.07 Å². The first-order chi connectivity index (χ1) is 11.5. The third kappa shape index (κ3) is 3.39. The average molecular weight is 332 g/mol. The summed E-state index contributed by atoms with van der Waals surface area (Å²) in [7, 11) is 0. The summed E-state index contributed by atoms with van der Waals surface area (Å²) >= 11 is 0. The molecule has 1 aromatic heterocycles. The van der Waals surface area contributed by atoms with E-state index in [1.165, 1.54) is 23.1 Å². The van der Waals surface area contributed by atoms with E-state index >= 15 is 0 Å². The molecule has 8 nitrogen and oxygen atoms in total. The van der Waals surface area contributed by atoms with Crippen LogP contribution < -0.4 is 0 Å². The van der Waals surface area contributed by atoms with Crippen molar-refractivity contribution in [3.8, 4) is 0 Å². The SMILES string of the molecule is Cc1ccc(F)cc1C(=O)N1CCN(C(=O)Cn2cnnn2)CC1. The zero-order valence-corrected chi connectivity index (χ0v) is 13.2. The molecule has 0 radical (unpaired) electrons. The van der Waals surface area contributed by atoms with Crippen molar-refractivity contribution in [2.45, 2.75) is 13.5 Å². The van der Waals surface area contributed by atoms with E-state index in [1.54, 1.807) is 22.8 Å². The second kappa shape index (κ2) is 6.73. The van der Waals surface area contributed by atoms with Crippen LogP contribution in [0, 0.1) is 12.7 Å². The predicted molar refractivity (Wildman–Crippen MR) is 81.4 cm³/mol. The monoisotopic (exact) mass is 332 g/mol. The van der Waals surface area contributed by atoms with Gasteiger partial charge in [-0.3, -0.25) is 9.59 Å². The predicted octanol–water partition coefficient (Wildman–Crippen LogP) is 0.105. The zero-order chi connectivity index (χ0) is 17.1. The van der Waals surface area contributed by atoms with Gasteiger partial charge < -0.3 is 9.80 Å². The maximum Gasteiger partial charge on any atom is 0.254 e. The van der Waals surface area contributed by atoms with E-state index < -0.39 is 5.82 Å². The minimum absolute atomic E-state index is 0.0734. The number of tetrazole rings is 1. The normalized spacial score (nSPS) is 14.8. The summed E-state index contributed by atoms with van der Waals surface area (Å²) in [5, 5.41) is 10.6. The van der Waals surface area contributed by atoms with Crippen molar-refractivity contribution in [3.63, 3.8) is 0 Å². The van der Waals surface area contributed by atoms with Crippen molar-refractivity contribution < 1.29 is 14.0 Å². The molecule has 1 aliphatic rings. The Morgan fingerprint density at radius 2 is 1.88 bits per heavy atom. The largest absolute Gasteiger partial charge is 0.338 e. The maximum absolute atomic E-state index is 13.4. The molecule has 2 heterocycles. The van der Waals surface area contributed by atoms with Gasteiger partial charge in [-0.25, -0.2) is 9.07 Å². The topological polar surface area (TPSA) is 84.2 Å². The van der Waals surface area contributed by atoms with E-state index in [2.05, 4.69) is 15.5 Å². The molecule has 0 aliphatic carbocycles. The van der Waals surface area contributed by atoms with Crippen molar-refractivity contribution in [2.24, 2.45) is 0 Å². The molecular weight excluding hydrogens is 315 g/mol. The minimum atomic E-state index is -0.431. The Bertz CT molecular complexity index is 740. The fourth-order valence-corrected chi connectivity index (χ4v) is 2.65. The summed E-state index contributed by atoms with van der Waals surface area (Å²) in [4.78, 5) is 28.0. The number of piperazine rings is 1. The van der Waals surface area contributed by atoms with Crippen LogP contribution >= 0.6 is 0 Å². The molecule has 1 aliphatic heterocycles. The Morgan fingerprint density at radius 3 is 2.54 bits per heavy atom. The molecule has 1 saturated heterocycles. The Hall–Kier alpha value is -2.84. The first kappa shape index (κ1) is 16.0. The molecule has 3 rings (SSSR count). The van der Waals surface area contributed by atoms with Crippen LogP contribution in [0.5, 0.6) is 0 Å². The van der Waals surface area contributed by atoms with Gasteiger partial charge in [0.05, 0.1) is 0 Å². The van der Waals surface area contributed by atoms with Crippen molar-refractivity contribution >= 4 is 11.8 Å². The van der Waals surface area contributed by atoms with Crippen molar-refractivity contribution in [3.05, 3.63) is 41.5 Å². The second-order valence-corrected chi connectivity index (χ2v) is 5.64. The minimum Gasteiger partial charge on any atom is -0.338 e. The van der Waals surface area contributed by atoms with Crippen LogP contribution in [0.1, 0.15) is 15.9 Å². The lowest BCUT2D eigenvalue weighted by molar-refractivity contribution is -0.133. The van der Waals surface area contributed by atoms with E-state index in [-0.39, 0.29) is 18.4 Å². The molecule has 0 unspecified atom stereocenters. The van der Waals surface area contributed by atoms with E-state index in [0.717, 1.165) is 5.56 Å². The first-order valence-electron chi connectivity index (χ1n) is 7.58. The van der Waals surface area contributed by atoms with Crippen LogP contribution in [0.2, 0.25) is 0 Å². The number of nitrogens with zero attached hydrogens (tertiary/aromatic N) is 6. The Morgan fingerprint density at radius 1 is 1.17 bits per heavy atom. The lowest BCUT2D eigenvalue weighted by atomic mass is 10.1. The summed E-state index contributed by atoms with van der Waals surface area (Å²) in [6, 6.07) is 4.18. The van der Waals surface area contributed by atoms with Crippen molar-refractivity contribution in [1.29, 1.82) is 0 Å². The number of carbonyl (C=O) groups is 2. The maximum atomic E-state index is 13.4. The van der Waals surface area contributed by atoms with Gasteiger partial charge in [0, 0.05) is 31.7 Å². The number of hydrogen-bond acceptors (Lipinski definition) is 5. The van der Waals surface area contributed by atoms with Gasteiger partial charge >= 0.3 is 0 Å².